The van der Waals surface area contributed by atoms with Crippen LogP contribution in [-0.2, 0) is 23.7 Å². The minimum absolute atomic E-state index is 0.0422. The van der Waals surface area contributed by atoms with Crippen LogP contribution in [0.3, 0.4) is 0 Å². The van der Waals surface area contributed by atoms with E-state index < -0.39 is 23.0 Å². The van der Waals surface area contributed by atoms with Crippen LogP contribution < -0.4 is 0 Å². The Kier molecular flexibility index (Phi) is 1.62. The lowest BCUT2D eigenvalue weighted by molar-refractivity contribution is -0.291. The monoisotopic (exact) mass is 370 g/mol. The van der Waals surface area contributed by atoms with E-state index in [0.29, 0.717) is 32.3 Å². The minimum atomic E-state index is -0.950. The Morgan fingerprint density at radius 3 is 1.86 bits per heavy atom. The zero-order chi connectivity index (χ0) is 14.7. The lowest BCUT2D eigenvalue weighted by atomic mass is 9.35. The van der Waals surface area contributed by atoms with Gasteiger partial charge in [0.15, 0.2) is 11.6 Å². The van der Waals surface area contributed by atoms with E-state index in [1.165, 1.54) is 0 Å². The minimum Gasteiger partial charge on any atom is -0.481 e. The predicted molar refractivity (Wildman–Crippen MR) is 71.9 cm³/mol. The zero-order valence-electron chi connectivity index (χ0n) is 11.7. The molecule has 8 atom stereocenters. The number of halogens is 1. The molecule has 0 aromatic rings. The molecule has 6 nitrogen and oxygen atoms in total. The summed E-state index contributed by atoms with van der Waals surface area (Å²) in [5, 5.41) is 10.1. The smallest absolute Gasteiger partial charge is 0.315 e. The molecule has 0 unspecified atom stereocenters. The molecular weight excluding hydrogens is 356 g/mol. The fourth-order valence-electron chi connectivity index (χ4n) is 8.27. The second kappa shape index (κ2) is 2.92. The van der Waals surface area contributed by atoms with E-state index in [1.54, 1.807) is 0 Å². The van der Waals surface area contributed by atoms with E-state index in [2.05, 4.69) is 15.9 Å². The Morgan fingerprint density at radius 2 is 1.27 bits per heavy atom. The summed E-state index contributed by atoms with van der Waals surface area (Å²) in [5.74, 6) is -1.49. The lowest BCUT2D eigenvalue weighted by Crippen LogP contribution is -2.77. The van der Waals surface area contributed by atoms with Gasteiger partial charge in [0.05, 0.1) is 30.8 Å². The summed E-state index contributed by atoms with van der Waals surface area (Å²) < 4.78 is 24.2. The summed E-state index contributed by atoms with van der Waals surface area (Å²) in [4.78, 5) is 12.4. The maximum atomic E-state index is 12.4. The third kappa shape index (κ3) is 0.674. The van der Waals surface area contributed by atoms with E-state index in [9.17, 15) is 9.90 Å². The third-order valence-corrected chi connectivity index (χ3v) is 9.73. The number of carboxylic acid groups (broad SMARTS) is 1. The number of carboxylic acids is 1. The molecule has 4 bridgehead atoms. The van der Waals surface area contributed by atoms with Crippen molar-refractivity contribution in [2.45, 2.75) is 15.9 Å². The maximum Gasteiger partial charge on any atom is 0.315 e. The van der Waals surface area contributed by atoms with Crippen molar-refractivity contribution in [1.29, 1.82) is 0 Å². The summed E-state index contributed by atoms with van der Waals surface area (Å²) in [6, 6.07) is 0. The van der Waals surface area contributed by atoms with Crippen molar-refractivity contribution in [3.8, 4) is 0 Å². The van der Waals surface area contributed by atoms with Gasteiger partial charge in [-0.2, -0.15) is 0 Å². The van der Waals surface area contributed by atoms with Gasteiger partial charge in [-0.1, -0.05) is 15.9 Å². The van der Waals surface area contributed by atoms with Crippen LogP contribution in [0.2, 0.25) is 0 Å². The van der Waals surface area contributed by atoms with E-state index in [1.807, 2.05) is 0 Å². The van der Waals surface area contributed by atoms with Crippen molar-refractivity contribution in [2.75, 3.05) is 26.4 Å². The largest absolute Gasteiger partial charge is 0.481 e. The Balaban J connectivity index is 1.54. The molecular formula is C15H15BrO6. The van der Waals surface area contributed by atoms with E-state index in [-0.39, 0.29) is 33.9 Å². The molecule has 7 heteroatoms. The van der Waals surface area contributed by atoms with E-state index in [4.69, 9.17) is 18.9 Å². The van der Waals surface area contributed by atoms with Crippen LogP contribution in [0.25, 0.3) is 0 Å². The molecule has 1 N–H and O–H groups in total. The number of hydrogen-bond acceptors (Lipinski definition) is 5. The van der Waals surface area contributed by atoms with Gasteiger partial charge in [-0.05, 0) is 23.7 Å². The maximum absolute atomic E-state index is 12.4. The summed E-state index contributed by atoms with van der Waals surface area (Å²) in [6.07, 6.45) is 0. The molecule has 2 heterocycles. The molecule has 2 aliphatic heterocycles. The Bertz CT molecular complexity index is 654. The SMILES string of the molecule is O=C(O)[C@]12[C@H]3[C@H]4[C@H]([C@@H]5[C@@H]1[C@H]3[C@@]4(Br)C51OCCO1)C21OCCO1. The standard InChI is InChI=1S/C15H15BrO6/c16-13-7-5-8(13)10-9(15(13)21-3-4-22-15)6(7)12(5,11(17)18)14(10)19-1-2-20-14/h5-10H,1-4H2,(H,17,18)/t5-,6+,7+,8+,9+,10-,12+,13+/m1/s1. The molecule has 6 aliphatic carbocycles. The first kappa shape index (κ1) is 12.2. The highest BCUT2D eigenvalue weighted by atomic mass is 79.9. The normalized spacial score (nSPS) is 65.5. The second-order valence-corrected chi connectivity index (χ2v) is 9.14. The average molecular weight is 371 g/mol. The molecule has 6 saturated carbocycles. The molecule has 2 spiro atoms. The predicted octanol–water partition coefficient (Wildman–Crippen LogP) is 0.442. The van der Waals surface area contributed by atoms with Crippen LogP contribution in [-0.4, -0.2) is 53.4 Å². The molecule has 22 heavy (non-hydrogen) atoms. The highest BCUT2D eigenvalue weighted by Crippen LogP contribution is 3.01. The van der Waals surface area contributed by atoms with Crippen LogP contribution >= 0.6 is 15.9 Å². The molecule has 8 fully saturated rings. The van der Waals surface area contributed by atoms with Crippen molar-refractivity contribution >= 4 is 21.9 Å². The quantitative estimate of drug-likeness (QED) is 0.675. The van der Waals surface area contributed by atoms with Gasteiger partial charge >= 0.3 is 5.97 Å². The van der Waals surface area contributed by atoms with Crippen molar-refractivity contribution in [3.05, 3.63) is 0 Å². The first-order valence-corrected chi connectivity index (χ1v) is 8.86. The van der Waals surface area contributed by atoms with Gasteiger partial charge in [-0.3, -0.25) is 4.79 Å². The molecule has 0 aromatic heterocycles. The summed E-state index contributed by atoms with van der Waals surface area (Å²) in [7, 11) is 0. The number of carbonyl (C=O) groups is 1. The highest BCUT2D eigenvalue weighted by molar-refractivity contribution is 9.10. The molecule has 118 valence electrons. The first-order valence-electron chi connectivity index (χ1n) is 8.07. The number of ether oxygens (including phenoxy) is 4. The van der Waals surface area contributed by atoms with Crippen molar-refractivity contribution in [2.24, 2.45) is 40.9 Å². The van der Waals surface area contributed by atoms with Gasteiger partial charge in [-0.25, -0.2) is 0 Å². The fraction of sp³-hybridized carbons (Fsp3) is 0.933. The Hall–Kier alpha value is -0.210. The Morgan fingerprint density at radius 1 is 0.818 bits per heavy atom. The summed E-state index contributed by atoms with van der Waals surface area (Å²) in [6.45, 7) is 2.14. The zero-order valence-corrected chi connectivity index (χ0v) is 13.2. The highest BCUT2D eigenvalue weighted by Gasteiger charge is 3.10. The third-order valence-electron chi connectivity index (χ3n) is 8.12. The lowest BCUT2D eigenvalue weighted by Gasteiger charge is -2.70. The topological polar surface area (TPSA) is 74.2 Å². The van der Waals surface area contributed by atoms with Crippen LogP contribution in [0.1, 0.15) is 0 Å². The summed E-state index contributed by atoms with van der Waals surface area (Å²) in [5.41, 5.74) is -0.885. The van der Waals surface area contributed by atoms with Gasteiger partial charge < -0.3 is 24.1 Å². The van der Waals surface area contributed by atoms with Crippen LogP contribution in [0, 0.1) is 40.9 Å². The number of hydrogen-bond donors (Lipinski definition) is 1. The second-order valence-electron chi connectivity index (χ2n) is 7.83. The molecule has 8 aliphatic rings. The average Bonchev–Trinajstić information content (AvgIpc) is 3.23. The van der Waals surface area contributed by atoms with Gasteiger partial charge in [0, 0.05) is 11.8 Å². The Labute approximate surface area is 134 Å². The molecule has 8 rings (SSSR count). The number of aliphatic carboxylic acids is 1. The molecule has 0 radical (unpaired) electrons. The number of alkyl halides is 1. The van der Waals surface area contributed by atoms with Gasteiger partial charge in [0.1, 0.15) is 5.41 Å². The van der Waals surface area contributed by atoms with Gasteiger partial charge in [0.2, 0.25) is 0 Å². The van der Waals surface area contributed by atoms with Crippen LogP contribution in [0.5, 0.6) is 0 Å². The van der Waals surface area contributed by atoms with Crippen molar-refractivity contribution in [3.63, 3.8) is 0 Å². The molecule has 2 saturated heterocycles. The van der Waals surface area contributed by atoms with Crippen LogP contribution in [0.15, 0.2) is 0 Å². The van der Waals surface area contributed by atoms with Gasteiger partial charge in [-0.15, -0.1) is 0 Å². The van der Waals surface area contributed by atoms with Crippen molar-refractivity contribution in [1.82, 2.24) is 0 Å². The summed E-state index contributed by atoms with van der Waals surface area (Å²) >= 11 is 3.97. The van der Waals surface area contributed by atoms with Gasteiger partial charge in [0.25, 0.3) is 0 Å². The van der Waals surface area contributed by atoms with Crippen LogP contribution in [0.4, 0.5) is 0 Å². The first-order chi connectivity index (χ1) is 10.6. The number of rotatable bonds is 1. The molecule has 0 amide bonds. The van der Waals surface area contributed by atoms with E-state index >= 15 is 0 Å². The van der Waals surface area contributed by atoms with Crippen molar-refractivity contribution < 1.29 is 28.8 Å². The fourth-order valence-corrected chi connectivity index (χ4v) is 9.90. The molecule has 0 aromatic carbocycles. The van der Waals surface area contributed by atoms with E-state index in [0.717, 1.165) is 0 Å².